The van der Waals surface area contributed by atoms with Crippen molar-refractivity contribution in [3.63, 3.8) is 0 Å². The summed E-state index contributed by atoms with van der Waals surface area (Å²) in [5, 5.41) is 8.80. The van der Waals surface area contributed by atoms with Gasteiger partial charge < -0.3 is 15.6 Å². The molecular formula is C21H25N3O2S. The highest BCUT2D eigenvalue weighted by molar-refractivity contribution is 7.12. The lowest BCUT2D eigenvalue weighted by Gasteiger charge is -2.18. The number of rotatable bonds is 8. The molecule has 0 bridgehead atoms. The number of hydrogen-bond donors (Lipinski definition) is 3. The van der Waals surface area contributed by atoms with Crippen LogP contribution in [0.15, 0.2) is 48.0 Å². The molecule has 0 spiro atoms. The summed E-state index contributed by atoms with van der Waals surface area (Å²) in [6.45, 7) is 4.85. The van der Waals surface area contributed by atoms with Crippen LogP contribution in [0.3, 0.4) is 0 Å². The zero-order valence-corrected chi connectivity index (χ0v) is 16.4. The molecule has 5 nitrogen and oxygen atoms in total. The van der Waals surface area contributed by atoms with Crippen LogP contribution < -0.4 is 10.6 Å². The van der Waals surface area contributed by atoms with Crippen molar-refractivity contribution in [3.05, 3.63) is 58.4 Å². The number of nitrogens with one attached hydrogen (secondary N) is 3. The van der Waals surface area contributed by atoms with Crippen molar-refractivity contribution < 1.29 is 9.59 Å². The standard InChI is InChI=1S/C21H25N3O2S/c1-14(2)9-10-22-20(25)18(24-21(26)19-8-5-11-27-19)12-15-13-23-17-7-4-3-6-16(15)17/h3-8,11,13-14,18,23H,9-10,12H2,1-2H3,(H,22,25)(H,24,26)/t18-/m0/s1. The van der Waals surface area contributed by atoms with E-state index in [1.807, 2.05) is 41.9 Å². The zero-order chi connectivity index (χ0) is 19.2. The summed E-state index contributed by atoms with van der Waals surface area (Å²) in [7, 11) is 0. The van der Waals surface area contributed by atoms with Gasteiger partial charge in [0, 0.05) is 30.1 Å². The van der Waals surface area contributed by atoms with Crippen LogP contribution >= 0.6 is 11.3 Å². The minimum Gasteiger partial charge on any atom is -0.361 e. The molecule has 0 fully saturated rings. The molecule has 2 aromatic heterocycles. The molecule has 6 heteroatoms. The van der Waals surface area contributed by atoms with E-state index in [9.17, 15) is 9.59 Å². The van der Waals surface area contributed by atoms with E-state index >= 15 is 0 Å². The molecule has 2 amide bonds. The normalized spacial score (nSPS) is 12.3. The predicted molar refractivity (Wildman–Crippen MR) is 110 cm³/mol. The Bertz CT molecular complexity index is 899. The Morgan fingerprint density at radius 3 is 2.70 bits per heavy atom. The lowest BCUT2D eigenvalue weighted by Crippen LogP contribution is -2.48. The Balaban J connectivity index is 1.76. The number of fused-ring (bicyclic) bond motifs is 1. The minimum absolute atomic E-state index is 0.147. The van der Waals surface area contributed by atoms with Crippen LogP contribution in [0, 0.1) is 5.92 Å². The van der Waals surface area contributed by atoms with E-state index in [4.69, 9.17) is 0 Å². The summed E-state index contributed by atoms with van der Waals surface area (Å²) in [6, 6.07) is 10.9. The zero-order valence-electron chi connectivity index (χ0n) is 15.6. The second-order valence-electron chi connectivity index (χ2n) is 7.04. The number of aromatic nitrogens is 1. The van der Waals surface area contributed by atoms with E-state index in [0.29, 0.717) is 23.8 Å². The van der Waals surface area contributed by atoms with Crippen molar-refractivity contribution in [1.82, 2.24) is 15.6 Å². The summed E-state index contributed by atoms with van der Waals surface area (Å²) >= 11 is 1.37. The molecule has 2 heterocycles. The maximum absolute atomic E-state index is 12.8. The van der Waals surface area contributed by atoms with Gasteiger partial charge in [-0.25, -0.2) is 0 Å². The molecule has 0 aliphatic rings. The summed E-state index contributed by atoms with van der Waals surface area (Å²) in [5.41, 5.74) is 2.04. The number of thiophene rings is 1. The van der Waals surface area contributed by atoms with Crippen molar-refractivity contribution in [2.45, 2.75) is 32.7 Å². The second-order valence-corrected chi connectivity index (χ2v) is 7.99. The molecule has 0 saturated carbocycles. The number of amides is 2. The van der Waals surface area contributed by atoms with E-state index < -0.39 is 6.04 Å². The van der Waals surface area contributed by atoms with Crippen molar-refractivity contribution in [1.29, 1.82) is 0 Å². The van der Waals surface area contributed by atoms with Gasteiger partial charge in [-0.1, -0.05) is 38.1 Å². The molecule has 0 aliphatic carbocycles. The van der Waals surface area contributed by atoms with Crippen LogP contribution in [-0.2, 0) is 11.2 Å². The molecule has 142 valence electrons. The molecule has 3 aromatic rings. The third-order valence-corrected chi connectivity index (χ3v) is 5.36. The summed E-state index contributed by atoms with van der Waals surface area (Å²) < 4.78 is 0. The number of carbonyl (C=O) groups excluding carboxylic acids is 2. The van der Waals surface area contributed by atoms with Crippen molar-refractivity contribution in [3.8, 4) is 0 Å². The smallest absolute Gasteiger partial charge is 0.262 e. The Morgan fingerprint density at radius 1 is 1.15 bits per heavy atom. The molecule has 3 N–H and O–H groups in total. The van der Waals surface area contributed by atoms with Gasteiger partial charge in [0.05, 0.1) is 4.88 Å². The molecule has 1 aromatic carbocycles. The van der Waals surface area contributed by atoms with Crippen LogP contribution in [0.2, 0.25) is 0 Å². The largest absolute Gasteiger partial charge is 0.361 e. The summed E-state index contributed by atoms with van der Waals surface area (Å²) in [5.74, 6) is 0.151. The summed E-state index contributed by atoms with van der Waals surface area (Å²) in [6.07, 6.45) is 3.26. The Hall–Kier alpha value is -2.60. The molecule has 0 aliphatic heterocycles. The first-order valence-corrected chi connectivity index (χ1v) is 10.1. The van der Waals surface area contributed by atoms with E-state index in [2.05, 4.69) is 29.5 Å². The van der Waals surface area contributed by atoms with E-state index in [1.165, 1.54) is 11.3 Å². The van der Waals surface area contributed by atoms with E-state index in [-0.39, 0.29) is 11.8 Å². The third-order valence-electron chi connectivity index (χ3n) is 4.49. The SMILES string of the molecule is CC(C)CCNC(=O)[C@H](Cc1c[nH]c2ccccc12)NC(=O)c1cccs1. The number of aromatic amines is 1. The fraction of sp³-hybridized carbons (Fsp3) is 0.333. The number of benzene rings is 1. The highest BCUT2D eigenvalue weighted by Gasteiger charge is 2.23. The van der Waals surface area contributed by atoms with Gasteiger partial charge in [0.15, 0.2) is 0 Å². The highest BCUT2D eigenvalue weighted by atomic mass is 32.1. The lowest BCUT2D eigenvalue weighted by molar-refractivity contribution is -0.122. The first kappa shape index (κ1) is 19.2. The topological polar surface area (TPSA) is 74.0 Å². The molecular weight excluding hydrogens is 358 g/mol. The van der Waals surface area contributed by atoms with Crippen LogP contribution in [0.25, 0.3) is 10.9 Å². The van der Waals surface area contributed by atoms with Gasteiger partial charge in [0.25, 0.3) is 5.91 Å². The van der Waals surface area contributed by atoms with E-state index in [1.54, 1.807) is 6.07 Å². The van der Waals surface area contributed by atoms with Crippen LogP contribution in [-0.4, -0.2) is 29.4 Å². The maximum atomic E-state index is 12.8. The molecule has 0 saturated heterocycles. The molecule has 27 heavy (non-hydrogen) atoms. The number of H-pyrrole nitrogens is 1. The van der Waals surface area contributed by atoms with Crippen molar-refractivity contribution in [2.24, 2.45) is 5.92 Å². The second kappa shape index (κ2) is 8.86. The Morgan fingerprint density at radius 2 is 1.96 bits per heavy atom. The fourth-order valence-corrected chi connectivity index (χ4v) is 3.60. The third kappa shape index (κ3) is 4.98. The molecule has 0 radical (unpaired) electrons. The van der Waals surface area contributed by atoms with Gasteiger partial charge in [-0.05, 0) is 35.4 Å². The van der Waals surface area contributed by atoms with Gasteiger partial charge in [0.1, 0.15) is 6.04 Å². The average molecular weight is 384 g/mol. The summed E-state index contributed by atoms with van der Waals surface area (Å²) in [4.78, 5) is 29.1. The van der Waals surface area contributed by atoms with E-state index in [0.717, 1.165) is 22.9 Å². The lowest BCUT2D eigenvalue weighted by atomic mass is 10.0. The first-order chi connectivity index (χ1) is 13.0. The maximum Gasteiger partial charge on any atom is 0.262 e. The van der Waals surface area contributed by atoms with Gasteiger partial charge in [-0.15, -0.1) is 11.3 Å². The number of carbonyl (C=O) groups is 2. The predicted octanol–water partition coefficient (Wildman–Crippen LogP) is 3.73. The molecule has 0 unspecified atom stereocenters. The van der Waals surface area contributed by atoms with Crippen molar-refractivity contribution >= 4 is 34.1 Å². The monoisotopic (exact) mass is 383 g/mol. The quantitative estimate of drug-likeness (QED) is 0.554. The Kier molecular flexibility index (Phi) is 6.29. The average Bonchev–Trinajstić information content (AvgIpc) is 3.31. The first-order valence-electron chi connectivity index (χ1n) is 9.21. The van der Waals surface area contributed by atoms with Crippen LogP contribution in [0.1, 0.15) is 35.5 Å². The number of para-hydroxylation sites is 1. The van der Waals surface area contributed by atoms with Crippen molar-refractivity contribution in [2.75, 3.05) is 6.54 Å². The van der Waals surface area contributed by atoms with Crippen LogP contribution in [0.4, 0.5) is 0 Å². The van der Waals surface area contributed by atoms with Gasteiger partial charge in [0.2, 0.25) is 5.91 Å². The van der Waals surface area contributed by atoms with Gasteiger partial charge in [-0.3, -0.25) is 9.59 Å². The molecule has 1 atom stereocenters. The van der Waals surface area contributed by atoms with Gasteiger partial charge in [-0.2, -0.15) is 0 Å². The van der Waals surface area contributed by atoms with Crippen LogP contribution in [0.5, 0.6) is 0 Å². The van der Waals surface area contributed by atoms with Gasteiger partial charge >= 0.3 is 0 Å². The number of hydrogen-bond acceptors (Lipinski definition) is 3. The molecule has 3 rings (SSSR count). The highest BCUT2D eigenvalue weighted by Crippen LogP contribution is 2.19. The Labute approximate surface area is 163 Å². The fourth-order valence-electron chi connectivity index (χ4n) is 2.97. The minimum atomic E-state index is -0.619.